The molecule has 0 spiro atoms. The summed E-state index contributed by atoms with van der Waals surface area (Å²) < 4.78 is 0. The smallest absolute Gasteiger partial charge is 0.231 e. The van der Waals surface area contributed by atoms with Crippen molar-refractivity contribution >= 4 is 17.8 Å². The number of carbonyl (C=O) groups excluding carboxylic acids is 2. The molecule has 0 heterocycles. The fourth-order valence-electron chi connectivity index (χ4n) is 2.61. The fourth-order valence-corrected chi connectivity index (χ4v) is 2.61. The van der Waals surface area contributed by atoms with E-state index < -0.39 is 5.91 Å². The largest absolute Gasteiger partial charge is 0.370 e. The fraction of sp³-hybridized carbons (Fsp3) is 0.833. The molecule has 0 fully saturated rings. The molecule has 0 aliphatic carbocycles. The van der Waals surface area contributed by atoms with Gasteiger partial charge in [0.2, 0.25) is 11.8 Å². The summed E-state index contributed by atoms with van der Waals surface area (Å²) in [6.07, 6.45) is 6.37. The van der Waals surface area contributed by atoms with E-state index in [-0.39, 0.29) is 24.3 Å². The Kier molecular flexibility index (Phi) is 15.2. The summed E-state index contributed by atoms with van der Waals surface area (Å²) in [4.78, 5) is 28.9. The van der Waals surface area contributed by atoms with Crippen LogP contribution in [0, 0.1) is 0 Å². The molecule has 1 unspecified atom stereocenters. The average molecular weight is 386 g/mol. The van der Waals surface area contributed by atoms with Gasteiger partial charge in [0, 0.05) is 25.7 Å². The zero-order chi connectivity index (χ0) is 20.5. The molecular formula is C18H39N7O2. The van der Waals surface area contributed by atoms with Gasteiger partial charge in [-0.3, -0.25) is 14.6 Å². The molecule has 158 valence electrons. The highest BCUT2D eigenvalue weighted by molar-refractivity contribution is 5.96. The zero-order valence-corrected chi connectivity index (χ0v) is 16.8. The number of nitrogens with zero attached hydrogens (tertiary/aromatic N) is 2. The lowest BCUT2D eigenvalue weighted by Gasteiger charge is -2.22. The van der Waals surface area contributed by atoms with Crippen LogP contribution < -0.4 is 28.3 Å². The van der Waals surface area contributed by atoms with Gasteiger partial charge in [-0.2, -0.15) is 0 Å². The summed E-state index contributed by atoms with van der Waals surface area (Å²) in [7, 11) is 0. The first-order chi connectivity index (χ1) is 12.8. The van der Waals surface area contributed by atoms with Gasteiger partial charge in [0.15, 0.2) is 5.96 Å². The lowest BCUT2D eigenvalue weighted by molar-refractivity contribution is -0.135. The summed E-state index contributed by atoms with van der Waals surface area (Å²) in [5.74, 6) is -0.655. The Hall–Kier alpha value is -1.87. The van der Waals surface area contributed by atoms with E-state index in [0.717, 1.165) is 58.0 Å². The zero-order valence-electron chi connectivity index (χ0n) is 16.8. The summed E-state index contributed by atoms with van der Waals surface area (Å²) in [5, 5.41) is 3.35. The minimum absolute atomic E-state index is 0.116. The third kappa shape index (κ3) is 17.3. The van der Waals surface area contributed by atoms with Gasteiger partial charge in [-0.1, -0.05) is 12.8 Å². The topological polar surface area (TPSA) is 166 Å². The normalized spacial score (nSPS) is 11.8. The molecule has 0 radical (unpaired) electrons. The van der Waals surface area contributed by atoms with E-state index >= 15 is 0 Å². The van der Waals surface area contributed by atoms with Crippen LogP contribution in [0.2, 0.25) is 0 Å². The molecule has 0 aromatic rings. The highest BCUT2D eigenvalue weighted by atomic mass is 16.2. The summed E-state index contributed by atoms with van der Waals surface area (Å²) in [5.41, 5.74) is 21.4. The van der Waals surface area contributed by atoms with Crippen LogP contribution in [0.25, 0.3) is 0 Å². The Morgan fingerprint density at radius 1 is 0.963 bits per heavy atom. The minimum Gasteiger partial charge on any atom is -0.370 e. The first-order valence-electron chi connectivity index (χ1n) is 9.90. The second-order valence-corrected chi connectivity index (χ2v) is 6.97. The van der Waals surface area contributed by atoms with E-state index in [1.807, 2.05) is 6.92 Å². The molecule has 27 heavy (non-hydrogen) atoms. The maximum Gasteiger partial charge on any atom is 0.231 e. The molecule has 9 N–H and O–H groups in total. The number of guanidine groups is 1. The Labute approximate surface area is 163 Å². The van der Waals surface area contributed by atoms with Crippen LogP contribution >= 0.6 is 0 Å². The third-order valence-electron chi connectivity index (χ3n) is 4.12. The van der Waals surface area contributed by atoms with E-state index in [1.165, 1.54) is 0 Å². The predicted octanol–water partition coefficient (Wildman–Crippen LogP) is -0.369. The molecule has 2 amide bonds. The number of rotatable bonds is 17. The van der Waals surface area contributed by atoms with Crippen molar-refractivity contribution in [2.24, 2.45) is 27.9 Å². The molecule has 9 heteroatoms. The number of hydrogen-bond donors (Lipinski definition) is 5. The summed E-state index contributed by atoms with van der Waals surface area (Å²) in [6.45, 7) is 5.71. The maximum atomic E-state index is 12.2. The molecule has 0 saturated carbocycles. The molecule has 1 atom stereocenters. The van der Waals surface area contributed by atoms with Crippen molar-refractivity contribution in [3.63, 3.8) is 0 Å². The van der Waals surface area contributed by atoms with Crippen molar-refractivity contribution in [2.75, 3.05) is 32.7 Å². The quantitative estimate of drug-likeness (QED) is 0.0991. The van der Waals surface area contributed by atoms with Gasteiger partial charge in [0.1, 0.15) is 6.42 Å². The number of carbonyl (C=O) groups is 2. The van der Waals surface area contributed by atoms with Crippen molar-refractivity contribution in [3.8, 4) is 0 Å². The summed E-state index contributed by atoms with van der Waals surface area (Å²) in [6, 6.07) is 0.207. The van der Waals surface area contributed by atoms with Crippen molar-refractivity contribution in [1.82, 2.24) is 10.2 Å². The third-order valence-corrected chi connectivity index (χ3v) is 4.12. The van der Waals surface area contributed by atoms with Crippen molar-refractivity contribution in [3.05, 3.63) is 0 Å². The average Bonchev–Trinajstić information content (AvgIpc) is 2.56. The predicted molar refractivity (Wildman–Crippen MR) is 110 cm³/mol. The lowest BCUT2D eigenvalue weighted by atomic mass is 10.1. The minimum atomic E-state index is -0.584. The van der Waals surface area contributed by atoms with Crippen LogP contribution in [0.1, 0.15) is 58.3 Å². The molecule has 0 aromatic carbocycles. The number of primary amides is 1. The van der Waals surface area contributed by atoms with Crippen molar-refractivity contribution < 1.29 is 9.59 Å². The highest BCUT2D eigenvalue weighted by Crippen LogP contribution is 2.05. The standard InChI is InChI=1S/C18H39N7O2/c1-15(19)8-11-23-9-5-7-13-25(17(27)14-16(20)26)12-6-3-2-4-10-24-18(21)22/h15,23H,2-14,19H2,1H3,(H2,20,26)(H4,21,22,24). The lowest BCUT2D eigenvalue weighted by Crippen LogP contribution is -2.36. The number of hydrogen-bond acceptors (Lipinski definition) is 5. The van der Waals surface area contributed by atoms with Crippen LogP contribution in [0.15, 0.2) is 4.99 Å². The Morgan fingerprint density at radius 2 is 1.59 bits per heavy atom. The Bertz CT molecular complexity index is 437. The first kappa shape index (κ1) is 25.1. The number of nitrogens with two attached hydrogens (primary N) is 4. The van der Waals surface area contributed by atoms with E-state index in [4.69, 9.17) is 22.9 Å². The maximum absolute atomic E-state index is 12.2. The number of amides is 2. The van der Waals surface area contributed by atoms with Crippen LogP contribution in [0.4, 0.5) is 0 Å². The molecule has 0 aromatic heterocycles. The highest BCUT2D eigenvalue weighted by Gasteiger charge is 2.15. The first-order valence-corrected chi connectivity index (χ1v) is 9.90. The monoisotopic (exact) mass is 385 g/mol. The Morgan fingerprint density at radius 3 is 2.19 bits per heavy atom. The van der Waals surface area contributed by atoms with Crippen molar-refractivity contribution in [1.29, 1.82) is 0 Å². The summed E-state index contributed by atoms with van der Waals surface area (Å²) >= 11 is 0. The van der Waals surface area contributed by atoms with E-state index in [2.05, 4.69) is 10.3 Å². The molecule has 0 saturated heterocycles. The van der Waals surface area contributed by atoms with Gasteiger partial charge in [-0.05, 0) is 52.1 Å². The van der Waals surface area contributed by atoms with Gasteiger partial charge in [-0.15, -0.1) is 0 Å². The van der Waals surface area contributed by atoms with Gasteiger partial charge in [0.25, 0.3) is 0 Å². The van der Waals surface area contributed by atoms with Gasteiger partial charge >= 0.3 is 0 Å². The van der Waals surface area contributed by atoms with Crippen LogP contribution in [-0.4, -0.2) is 61.4 Å². The molecular weight excluding hydrogens is 346 g/mol. The van der Waals surface area contributed by atoms with Gasteiger partial charge in [0.05, 0.1) is 0 Å². The van der Waals surface area contributed by atoms with E-state index in [0.29, 0.717) is 19.6 Å². The van der Waals surface area contributed by atoms with Gasteiger partial charge in [-0.25, -0.2) is 0 Å². The molecule has 0 bridgehead atoms. The van der Waals surface area contributed by atoms with Crippen LogP contribution in [0.3, 0.4) is 0 Å². The second-order valence-electron chi connectivity index (χ2n) is 6.97. The molecule has 0 aliphatic heterocycles. The number of unbranched alkanes of at least 4 members (excludes halogenated alkanes) is 4. The number of aliphatic imine (C=N–C) groups is 1. The molecule has 9 nitrogen and oxygen atoms in total. The molecule has 0 rings (SSSR count). The van der Waals surface area contributed by atoms with E-state index in [9.17, 15) is 9.59 Å². The van der Waals surface area contributed by atoms with Crippen LogP contribution in [0.5, 0.6) is 0 Å². The van der Waals surface area contributed by atoms with Gasteiger partial charge < -0.3 is 33.2 Å². The Balaban J connectivity index is 4.02. The second kappa shape index (κ2) is 16.3. The number of nitrogens with one attached hydrogen (secondary N) is 1. The van der Waals surface area contributed by atoms with E-state index in [1.54, 1.807) is 4.90 Å². The van der Waals surface area contributed by atoms with Crippen LogP contribution in [-0.2, 0) is 9.59 Å². The molecule has 0 aliphatic rings. The van der Waals surface area contributed by atoms with Crippen molar-refractivity contribution in [2.45, 2.75) is 64.3 Å². The SMILES string of the molecule is CC(N)CCNCCCCN(CCCCCCN=C(N)N)C(=O)CC(N)=O.